The third-order valence-electron chi connectivity index (χ3n) is 3.95. The first-order valence-electron chi connectivity index (χ1n) is 8.71. The fraction of sp³-hybridized carbons (Fsp3) is 0.150. The van der Waals surface area contributed by atoms with E-state index in [1.807, 2.05) is 6.92 Å². The number of benzene rings is 2. The highest BCUT2D eigenvalue weighted by molar-refractivity contribution is 6.32. The van der Waals surface area contributed by atoms with E-state index in [2.05, 4.69) is 15.6 Å². The van der Waals surface area contributed by atoms with Gasteiger partial charge in [0, 0.05) is 5.56 Å². The molecule has 0 bridgehead atoms. The highest BCUT2D eigenvalue weighted by Gasteiger charge is 2.11. The number of nitrogens with zero attached hydrogens (tertiary/aromatic N) is 3. The lowest BCUT2D eigenvalue weighted by molar-refractivity contribution is 0.318. The van der Waals surface area contributed by atoms with Crippen LogP contribution in [0.3, 0.4) is 0 Å². The fourth-order valence-electron chi connectivity index (χ4n) is 2.50. The molecule has 1 heterocycles. The standard InChI is InChI=1S/C20H19ClN4O4/c1-3-29-17-6-4-5-13(19(17)26)11-22-24-16-12-23-25(20(27)18(16)21)14-7-9-15(28-2)10-8-14/h4-12,24,26H,3H2,1-2H3/b22-11-. The van der Waals surface area contributed by atoms with Gasteiger partial charge in [0.1, 0.15) is 16.5 Å². The maximum absolute atomic E-state index is 12.5. The number of rotatable bonds is 7. The van der Waals surface area contributed by atoms with Gasteiger partial charge in [0.05, 0.1) is 31.8 Å². The smallest absolute Gasteiger partial charge is 0.292 e. The highest BCUT2D eigenvalue weighted by atomic mass is 35.5. The molecule has 0 saturated carbocycles. The van der Waals surface area contributed by atoms with Crippen LogP contribution in [0.1, 0.15) is 12.5 Å². The first-order chi connectivity index (χ1) is 14.0. The van der Waals surface area contributed by atoms with Gasteiger partial charge in [0.25, 0.3) is 5.56 Å². The van der Waals surface area contributed by atoms with Crippen molar-refractivity contribution in [3.8, 4) is 22.9 Å². The molecular weight excluding hydrogens is 396 g/mol. The second kappa shape index (κ2) is 9.11. The number of para-hydroxylation sites is 1. The maximum atomic E-state index is 12.5. The number of anilines is 1. The number of nitrogens with one attached hydrogen (secondary N) is 1. The number of phenolic OH excluding ortho intramolecular Hbond substituents is 1. The predicted octanol–water partition coefficient (Wildman–Crippen LogP) is 3.44. The molecule has 0 unspecified atom stereocenters. The molecule has 0 radical (unpaired) electrons. The van der Waals surface area contributed by atoms with E-state index in [9.17, 15) is 9.90 Å². The topological polar surface area (TPSA) is 98.0 Å². The molecule has 0 spiro atoms. The van der Waals surface area contributed by atoms with Crippen LogP contribution in [0, 0.1) is 0 Å². The van der Waals surface area contributed by atoms with Gasteiger partial charge in [-0.25, -0.2) is 0 Å². The van der Waals surface area contributed by atoms with Crippen LogP contribution in [0.25, 0.3) is 5.69 Å². The SMILES string of the molecule is CCOc1cccc(/C=N\Nc2cnn(-c3ccc(OC)cc3)c(=O)c2Cl)c1O. The highest BCUT2D eigenvalue weighted by Crippen LogP contribution is 2.28. The molecule has 2 aromatic carbocycles. The van der Waals surface area contributed by atoms with Gasteiger partial charge >= 0.3 is 0 Å². The van der Waals surface area contributed by atoms with E-state index in [0.717, 1.165) is 0 Å². The normalized spacial score (nSPS) is 10.9. The quantitative estimate of drug-likeness (QED) is 0.454. The molecule has 0 aliphatic carbocycles. The lowest BCUT2D eigenvalue weighted by atomic mass is 10.2. The average molecular weight is 415 g/mol. The lowest BCUT2D eigenvalue weighted by Gasteiger charge is -2.09. The zero-order valence-electron chi connectivity index (χ0n) is 15.8. The summed E-state index contributed by atoms with van der Waals surface area (Å²) in [6.45, 7) is 2.25. The van der Waals surface area contributed by atoms with Crippen LogP contribution >= 0.6 is 11.6 Å². The third-order valence-corrected chi connectivity index (χ3v) is 4.32. The Hall–Kier alpha value is -3.52. The van der Waals surface area contributed by atoms with E-state index in [0.29, 0.717) is 29.4 Å². The molecule has 2 N–H and O–H groups in total. The number of methoxy groups -OCH3 is 1. The number of aromatic nitrogens is 2. The van der Waals surface area contributed by atoms with Crippen molar-refractivity contribution in [1.29, 1.82) is 0 Å². The molecule has 3 rings (SSSR count). The van der Waals surface area contributed by atoms with Gasteiger partial charge in [0.15, 0.2) is 11.5 Å². The number of hydrogen-bond acceptors (Lipinski definition) is 7. The molecule has 29 heavy (non-hydrogen) atoms. The second-order valence-electron chi connectivity index (χ2n) is 5.78. The van der Waals surface area contributed by atoms with Crippen LogP contribution in [0.15, 0.2) is 58.6 Å². The van der Waals surface area contributed by atoms with E-state index in [4.69, 9.17) is 21.1 Å². The molecule has 0 aliphatic heterocycles. The Morgan fingerprint density at radius 1 is 1.28 bits per heavy atom. The summed E-state index contributed by atoms with van der Waals surface area (Å²) < 4.78 is 11.6. The Kier molecular flexibility index (Phi) is 6.36. The predicted molar refractivity (Wildman–Crippen MR) is 112 cm³/mol. The number of ether oxygens (including phenoxy) is 2. The molecule has 3 aromatic rings. The molecule has 150 valence electrons. The van der Waals surface area contributed by atoms with Crippen LogP contribution < -0.4 is 20.5 Å². The van der Waals surface area contributed by atoms with Gasteiger partial charge in [-0.2, -0.15) is 14.9 Å². The van der Waals surface area contributed by atoms with E-state index in [-0.39, 0.29) is 16.5 Å². The summed E-state index contributed by atoms with van der Waals surface area (Å²) in [4.78, 5) is 12.5. The number of hydrazone groups is 1. The van der Waals surface area contributed by atoms with E-state index in [1.165, 1.54) is 17.1 Å². The molecule has 0 fully saturated rings. The first-order valence-corrected chi connectivity index (χ1v) is 9.09. The number of hydrogen-bond donors (Lipinski definition) is 2. The van der Waals surface area contributed by atoms with Crippen LogP contribution in [-0.4, -0.2) is 34.8 Å². The van der Waals surface area contributed by atoms with Crippen molar-refractivity contribution in [1.82, 2.24) is 9.78 Å². The van der Waals surface area contributed by atoms with Crippen molar-refractivity contribution in [3.63, 3.8) is 0 Å². The van der Waals surface area contributed by atoms with Crippen molar-refractivity contribution >= 4 is 23.5 Å². The minimum atomic E-state index is -0.502. The maximum Gasteiger partial charge on any atom is 0.292 e. The zero-order chi connectivity index (χ0) is 20.8. The minimum Gasteiger partial charge on any atom is -0.504 e. The Balaban J connectivity index is 1.80. The molecule has 1 aromatic heterocycles. The average Bonchev–Trinajstić information content (AvgIpc) is 2.74. The summed E-state index contributed by atoms with van der Waals surface area (Å²) in [6.07, 6.45) is 2.78. The van der Waals surface area contributed by atoms with E-state index >= 15 is 0 Å². The second-order valence-corrected chi connectivity index (χ2v) is 6.16. The molecule has 0 atom stereocenters. The lowest BCUT2D eigenvalue weighted by Crippen LogP contribution is -2.22. The van der Waals surface area contributed by atoms with Gasteiger partial charge in [-0.3, -0.25) is 10.2 Å². The Morgan fingerprint density at radius 3 is 2.72 bits per heavy atom. The molecule has 8 nitrogen and oxygen atoms in total. The van der Waals surface area contributed by atoms with Crippen molar-refractivity contribution in [3.05, 3.63) is 69.6 Å². The monoisotopic (exact) mass is 414 g/mol. The van der Waals surface area contributed by atoms with Gasteiger partial charge in [0.2, 0.25) is 0 Å². The van der Waals surface area contributed by atoms with Crippen LogP contribution in [0.4, 0.5) is 5.69 Å². The van der Waals surface area contributed by atoms with E-state index < -0.39 is 5.56 Å². The van der Waals surface area contributed by atoms with Crippen LogP contribution in [0.2, 0.25) is 5.02 Å². The summed E-state index contributed by atoms with van der Waals surface area (Å²) in [5.41, 5.74) is 3.39. The van der Waals surface area contributed by atoms with Gasteiger partial charge in [-0.05, 0) is 43.3 Å². The Bertz CT molecular complexity index is 1080. The molecule has 0 amide bonds. The third kappa shape index (κ3) is 4.49. The minimum absolute atomic E-state index is 0.0287. The van der Waals surface area contributed by atoms with Crippen molar-refractivity contribution in [2.45, 2.75) is 6.92 Å². The molecule has 9 heteroatoms. The van der Waals surface area contributed by atoms with Crippen LogP contribution in [-0.2, 0) is 0 Å². The van der Waals surface area contributed by atoms with Crippen molar-refractivity contribution < 1.29 is 14.6 Å². The summed E-state index contributed by atoms with van der Waals surface area (Å²) >= 11 is 6.18. The van der Waals surface area contributed by atoms with Gasteiger partial charge in [-0.15, -0.1) is 0 Å². The largest absolute Gasteiger partial charge is 0.504 e. The fourth-order valence-corrected chi connectivity index (χ4v) is 2.68. The zero-order valence-corrected chi connectivity index (χ0v) is 16.6. The Morgan fingerprint density at radius 2 is 2.03 bits per heavy atom. The summed E-state index contributed by atoms with van der Waals surface area (Å²) in [5.74, 6) is 0.995. The van der Waals surface area contributed by atoms with Gasteiger partial charge in [-0.1, -0.05) is 17.7 Å². The first kappa shape index (κ1) is 20.2. The number of aromatic hydroxyl groups is 1. The number of halogens is 1. The van der Waals surface area contributed by atoms with Crippen molar-refractivity contribution in [2.24, 2.45) is 5.10 Å². The van der Waals surface area contributed by atoms with Crippen LogP contribution in [0.5, 0.6) is 17.2 Å². The summed E-state index contributed by atoms with van der Waals surface area (Å²) in [7, 11) is 1.56. The molecular formula is C20H19ClN4O4. The number of phenols is 1. The molecule has 0 aliphatic rings. The van der Waals surface area contributed by atoms with E-state index in [1.54, 1.807) is 49.6 Å². The van der Waals surface area contributed by atoms with Crippen molar-refractivity contribution in [2.75, 3.05) is 19.1 Å². The summed E-state index contributed by atoms with van der Waals surface area (Å²) in [6, 6.07) is 11.9. The molecule has 0 saturated heterocycles. The summed E-state index contributed by atoms with van der Waals surface area (Å²) in [5, 5.41) is 18.2. The van der Waals surface area contributed by atoms with Gasteiger partial charge < -0.3 is 14.6 Å². The Labute approximate surface area is 172 Å².